The first-order valence-corrected chi connectivity index (χ1v) is 6.28. The first-order valence-electron chi connectivity index (χ1n) is 6.28. The van der Waals surface area contributed by atoms with Crippen molar-refractivity contribution in [1.82, 2.24) is 0 Å². The van der Waals surface area contributed by atoms with Gasteiger partial charge in [-0.05, 0) is 37.2 Å². The minimum absolute atomic E-state index is 0.306. The Morgan fingerprint density at radius 2 is 1.69 bits per heavy atom. The van der Waals surface area contributed by atoms with E-state index >= 15 is 0 Å². The highest BCUT2D eigenvalue weighted by molar-refractivity contribution is 5.21. The quantitative estimate of drug-likeness (QED) is 0.777. The van der Waals surface area contributed by atoms with Gasteiger partial charge < -0.3 is 5.11 Å². The van der Waals surface area contributed by atoms with Gasteiger partial charge in [0, 0.05) is 6.61 Å². The second-order valence-corrected chi connectivity index (χ2v) is 5.21. The van der Waals surface area contributed by atoms with Gasteiger partial charge in [0.15, 0.2) is 0 Å². The molecule has 0 bridgehead atoms. The van der Waals surface area contributed by atoms with Crippen LogP contribution in [0.2, 0.25) is 0 Å². The van der Waals surface area contributed by atoms with Crippen molar-refractivity contribution >= 4 is 0 Å². The van der Waals surface area contributed by atoms with E-state index in [2.05, 4.69) is 45.0 Å². The van der Waals surface area contributed by atoms with Gasteiger partial charge in [0.2, 0.25) is 0 Å². The van der Waals surface area contributed by atoms with Crippen LogP contribution in [0.1, 0.15) is 37.8 Å². The minimum Gasteiger partial charge on any atom is -0.396 e. The average molecular weight is 220 g/mol. The molecular weight excluding hydrogens is 196 g/mol. The Bertz CT molecular complexity index is 287. The predicted octanol–water partition coefficient (Wildman–Crippen LogP) is 3.58. The van der Waals surface area contributed by atoms with Crippen LogP contribution in [-0.2, 0) is 6.42 Å². The highest BCUT2D eigenvalue weighted by Crippen LogP contribution is 2.17. The summed E-state index contributed by atoms with van der Waals surface area (Å²) in [6.07, 6.45) is 3.34. The molecule has 0 amide bonds. The van der Waals surface area contributed by atoms with E-state index in [1.54, 1.807) is 0 Å². The number of aryl methyl sites for hydroxylation is 1. The summed E-state index contributed by atoms with van der Waals surface area (Å²) in [4.78, 5) is 0. The average Bonchev–Trinajstić information content (AvgIpc) is 2.26. The van der Waals surface area contributed by atoms with Crippen LogP contribution in [0.15, 0.2) is 24.3 Å². The fraction of sp³-hybridized carbons (Fsp3) is 0.600. The molecule has 0 aromatic heterocycles. The van der Waals surface area contributed by atoms with Crippen LogP contribution in [0.5, 0.6) is 0 Å². The molecule has 1 aromatic rings. The maximum atomic E-state index is 9.35. The first kappa shape index (κ1) is 13.2. The molecule has 1 aromatic carbocycles. The van der Waals surface area contributed by atoms with Crippen LogP contribution in [0.4, 0.5) is 0 Å². The third-order valence-electron chi connectivity index (χ3n) is 3.06. The third-order valence-corrected chi connectivity index (χ3v) is 3.06. The SMILES string of the molecule is Cc1ccc(CC(CO)CCC(C)C)cc1. The monoisotopic (exact) mass is 220 g/mol. The Morgan fingerprint density at radius 3 is 2.19 bits per heavy atom. The van der Waals surface area contributed by atoms with Crippen molar-refractivity contribution in [3.8, 4) is 0 Å². The van der Waals surface area contributed by atoms with Gasteiger partial charge in [-0.2, -0.15) is 0 Å². The predicted molar refractivity (Wildman–Crippen MR) is 69.5 cm³/mol. The van der Waals surface area contributed by atoms with Gasteiger partial charge in [-0.1, -0.05) is 50.1 Å². The molecular formula is C15H24O. The summed E-state index contributed by atoms with van der Waals surface area (Å²) in [5.41, 5.74) is 2.64. The summed E-state index contributed by atoms with van der Waals surface area (Å²) < 4.78 is 0. The summed E-state index contributed by atoms with van der Waals surface area (Å²) in [5.74, 6) is 1.15. The van der Waals surface area contributed by atoms with Crippen LogP contribution in [-0.4, -0.2) is 11.7 Å². The first-order chi connectivity index (χ1) is 7.61. The highest BCUT2D eigenvalue weighted by Gasteiger charge is 2.09. The van der Waals surface area contributed by atoms with Gasteiger partial charge in [-0.15, -0.1) is 0 Å². The molecule has 1 unspecified atom stereocenters. The molecule has 0 saturated heterocycles. The Kier molecular flexibility index (Phi) is 5.54. The lowest BCUT2D eigenvalue weighted by atomic mass is 9.92. The summed E-state index contributed by atoms with van der Waals surface area (Å²) in [7, 11) is 0. The molecule has 1 heteroatoms. The molecule has 0 saturated carbocycles. The number of rotatable bonds is 6. The van der Waals surface area contributed by atoms with Crippen molar-refractivity contribution in [2.75, 3.05) is 6.61 Å². The van der Waals surface area contributed by atoms with E-state index in [1.807, 2.05) is 0 Å². The summed E-state index contributed by atoms with van der Waals surface area (Å²) >= 11 is 0. The Labute approximate surface area is 99.5 Å². The van der Waals surface area contributed by atoms with Crippen molar-refractivity contribution in [2.24, 2.45) is 11.8 Å². The van der Waals surface area contributed by atoms with Gasteiger partial charge in [0.05, 0.1) is 0 Å². The number of benzene rings is 1. The van der Waals surface area contributed by atoms with Crippen LogP contribution in [0, 0.1) is 18.8 Å². The van der Waals surface area contributed by atoms with E-state index in [1.165, 1.54) is 17.5 Å². The van der Waals surface area contributed by atoms with Crippen molar-refractivity contribution in [3.05, 3.63) is 35.4 Å². The summed E-state index contributed by atoms with van der Waals surface area (Å²) in [6, 6.07) is 8.64. The molecule has 1 atom stereocenters. The summed E-state index contributed by atoms with van der Waals surface area (Å²) in [5, 5.41) is 9.35. The van der Waals surface area contributed by atoms with Crippen molar-refractivity contribution in [1.29, 1.82) is 0 Å². The Balaban J connectivity index is 2.46. The second-order valence-electron chi connectivity index (χ2n) is 5.21. The largest absolute Gasteiger partial charge is 0.396 e. The van der Waals surface area contributed by atoms with Crippen LogP contribution >= 0.6 is 0 Å². The molecule has 1 N–H and O–H groups in total. The van der Waals surface area contributed by atoms with Gasteiger partial charge >= 0.3 is 0 Å². The molecule has 16 heavy (non-hydrogen) atoms. The number of hydrogen-bond acceptors (Lipinski definition) is 1. The molecule has 0 aliphatic carbocycles. The number of aliphatic hydroxyl groups is 1. The Morgan fingerprint density at radius 1 is 1.06 bits per heavy atom. The Hall–Kier alpha value is -0.820. The van der Waals surface area contributed by atoms with Crippen LogP contribution in [0.25, 0.3) is 0 Å². The van der Waals surface area contributed by atoms with Crippen molar-refractivity contribution < 1.29 is 5.11 Å². The zero-order valence-electron chi connectivity index (χ0n) is 10.7. The molecule has 90 valence electrons. The topological polar surface area (TPSA) is 20.2 Å². The van der Waals surface area contributed by atoms with Crippen molar-refractivity contribution in [2.45, 2.75) is 40.0 Å². The maximum Gasteiger partial charge on any atom is 0.0462 e. The van der Waals surface area contributed by atoms with E-state index in [-0.39, 0.29) is 0 Å². The second kappa shape index (κ2) is 6.70. The normalized spacial score (nSPS) is 13.1. The van der Waals surface area contributed by atoms with E-state index in [0.29, 0.717) is 12.5 Å². The van der Waals surface area contributed by atoms with Crippen molar-refractivity contribution in [3.63, 3.8) is 0 Å². The molecule has 1 nitrogen and oxygen atoms in total. The lowest BCUT2D eigenvalue weighted by Crippen LogP contribution is -2.10. The maximum absolute atomic E-state index is 9.35. The lowest BCUT2D eigenvalue weighted by Gasteiger charge is -2.15. The fourth-order valence-corrected chi connectivity index (χ4v) is 1.88. The number of aliphatic hydroxyl groups excluding tert-OH is 1. The molecule has 0 aliphatic heterocycles. The van der Waals surface area contributed by atoms with E-state index in [4.69, 9.17) is 0 Å². The molecule has 1 rings (SSSR count). The van der Waals surface area contributed by atoms with Gasteiger partial charge in [0.1, 0.15) is 0 Å². The number of hydrogen-bond donors (Lipinski definition) is 1. The smallest absolute Gasteiger partial charge is 0.0462 e. The van der Waals surface area contributed by atoms with E-state index in [9.17, 15) is 5.11 Å². The molecule has 0 radical (unpaired) electrons. The zero-order valence-corrected chi connectivity index (χ0v) is 10.7. The van der Waals surface area contributed by atoms with Crippen LogP contribution in [0.3, 0.4) is 0 Å². The van der Waals surface area contributed by atoms with E-state index < -0.39 is 0 Å². The fourth-order valence-electron chi connectivity index (χ4n) is 1.88. The third kappa shape index (κ3) is 4.80. The standard InChI is InChI=1S/C15H24O/c1-12(2)4-7-15(11-16)10-14-8-5-13(3)6-9-14/h5-6,8-9,12,15-16H,4,7,10-11H2,1-3H3. The molecule has 0 fully saturated rings. The molecule has 0 heterocycles. The van der Waals surface area contributed by atoms with Gasteiger partial charge in [-0.3, -0.25) is 0 Å². The van der Waals surface area contributed by atoms with Gasteiger partial charge in [-0.25, -0.2) is 0 Å². The highest BCUT2D eigenvalue weighted by atomic mass is 16.3. The van der Waals surface area contributed by atoms with Crippen LogP contribution < -0.4 is 0 Å². The summed E-state index contributed by atoms with van der Waals surface area (Å²) in [6.45, 7) is 6.88. The molecule has 0 aliphatic rings. The molecule has 0 spiro atoms. The minimum atomic E-state index is 0.306. The van der Waals surface area contributed by atoms with E-state index in [0.717, 1.165) is 18.8 Å². The zero-order chi connectivity index (χ0) is 12.0. The van der Waals surface area contributed by atoms with Gasteiger partial charge in [0.25, 0.3) is 0 Å². The lowest BCUT2D eigenvalue weighted by molar-refractivity contribution is 0.211.